The summed E-state index contributed by atoms with van der Waals surface area (Å²) >= 11 is 0. The maximum atomic E-state index is 14.7. The number of halogens is 3. The van der Waals surface area contributed by atoms with Gasteiger partial charge in [-0.2, -0.15) is 25.8 Å². The van der Waals surface area contributed by atoms with Crippen molar-refractivity contribution in [3.8, 4) is 11.8 Å². The molecule has 432 valence electrons. The molecule has 11 aromatic rings. The number of cyclic esters (lactones) is 1. The number of carbonyl (C=O) groups is 4. The third-order valence-corrected chi connectivity index (χ3v) is 14.0. The number of rotatable bonds is 9. The number of carboxylic acid groups (broad SMARTS) is 1. The summed E-state index contributed by atoms with van der Waals surface area (Å²) in [6, 6.07) is 45.7. The monoisotopic (exact) mass is 1170 g/mol. The van der Waals surface area contributed by atoms with Gasteiger partial charge >= 0.3 is 11.9 Å². The summed E-state index contributed by atoms with van der Waals surface area (Å²) in [6.07, 6.45) is 2.87. The highest BCUT2D eigenvalue weighted by Gasteiger charge is 2.27. The van der Waals surface area contributed by atoms with Gasteiger partial charge in [-0.05, 0) is 102 Å². The van der Waals surface area contributed by atoms with Crippen LogP contribution in [0.2, 0.25) is 0 Å². The van der Waals surface area contributed by atoms with Crippen molar-refractivity contribution in [2.45, 2.75) is 12.8 Å². The molecule has 2 aliphatic rings. The average molecular weight is 1170 g/mol. The van der Waals surface area contributed by atoms with E-state index in [1.165, 1.54) is 42.5 Å². The largest absolute Gasteiger partial charge is 0.507 e. The van der Waals surface area contributed by atoms with Crippen molar-refractivity contribution in [2.24, 2.45) is 0 Å². The number of piperazine rings is 1. The molecule has 0 bridgehead atoms. The van der Waals surface area contributed by atoms with E-state index < -0.39 is 29.4 Å². The first-order valence-corrected chi connectivity index (χ1v) is 26.6. The number of anilines is 1. The lowest BCUT2D eigenvalue weighted by molar-refractivity contribution is 0.0687. The summed E-state index contributed by atoms with van der Waals surface area (Å²) in [6.45, 7) is 2.01. The molecule has 4 aromatic heterocycles. The number of aromatic nitrogens is 8. The quantitative estimate of drug-likeness (QED) is 0.0664. The number of aromatic amines is 3. The molecule has 0 unspecified atom stereocenters. The van der Waals surface area contributed by atoms with Gasteiger partial charge in [0.1, 0.15) is 46.4 Å². The number of aromatic carboxylic acids is 1. The van der Waals surface area contributed by atoms with Gasteiger partial charge in [-0.1, -0.05) is 84.9 Å². The van der Waals surface area contributed by atoms with Gasteiger partial charge in [0.05, 0.1) is 50.0 Å². The number of phenols is 1. The number of esters is 1. The van der Waals surface area contributed by atoms with Gasteiger partial charge in [0.15, 0.2) is 6.29 Å². The zero-order chi connectivity index (χ0) is 61.1. The van der Waals surface area contributed by atoms with Crippen LogP contribution < -0.4 is 16.0 Å². The van der Waals surface area contributed by atoms with Gasteiger partial charge < -0.3 is 24.7 Å². The number of hydrogen-bond acceptors (Lipinski definition) is 15. The maximum Gasteiger partial charge on any atom is 0.344 e. The normalized spacial score (nSPS) is 12.9. The molecule has 6 heterocycles. The highest BCUT2D eigenvalue weighted by molar-refractivity contribution is 6.05. The zero-order valence-corrected chi connectivity index (χ0v) is 45.4. The van der Waals surface area contributed by atoms with Gasteiger partial charge in [0.25, 0.3) is 17.0 Å². The maximum absolute atomic E-state index is 14.7. The molecule has 87 heavy (non-hydrogen) atoms. The number of hydrogen-bond donors (Lipinski definition) is 5. The smallest absolute Gasteiger partial charge is 0.344 e. The molecule has 13 rings (SSSR count). The number of carboxylic acids is 1. The lowest BCUT2D eigenvalue weighted by Gasteiger charge is -2.35. The number of amides is 1. The first kappa shape index (κ1) is 58.3. The predicted molar refractivity (Wildman–Crippen MR) is 314 cm³/mol. The van der Waals surface area contributed by atoms with Crippen molar-refractivity contribution in [1.29, 1.82) is 5.26 Å². The molecule has 0 atom stereocenters. The standard InChI is InChI=1S/C25H21FN8O2.C16H11FN2O3.C16H8FNO2.C7H6O2/c26-19-6-5-15(14-21-16-3-1-2-4-17(16)24(35)31-28-21)13-18(19)25(36)34-11-9-33(10-12-34)22-8-7-20-23(27-22)30-32-29-20;17-13-6-5-9(7-12(13)16(21)22)8-14-10-3-1-2-4-11(10)15(20)19-18-14;17-14-6-5-10(7-11(14)9-18)8-15-12-3-1-2-4-13(12)16(19)20-15;8-5-6-3-1-2-4-7(6)9/h1-8,13H,9-12,14H2,(H,31,35)(H,27,29,30,32);1-7H,8H2,(H,19,20)(H,21,22);1-8H;1-5,9H/b;;15-8-;. The third-order valence-electron chi connectivity index (χ3n) is 14.0. The van der Waals surface area contributed by atoms with Crippen LogP contribution in [0.5, 0.6) is 5.75 Å². The molecule has 0 spiro atoms. The minimum Gasteiger partial charge on any atom is -0.507 e. The lowest BCUT2D eigenvalue weighted by Crippen LogP contribution is -2.49. The molecular weight excluding hydrogens is 1120 g/mol. The Balaban J connectivity index is 0.000000141. The number of benzene rings is 7. The number of H-pyrrole nitrogens is 3. The van der Waals surface area contributed by atoms with Crippen LogP contribution >= 0.6 is 0 Å². The Hall–Kier alpha value is -11.9. The van der Waals surface area contributed by atoms with Gasteiger partial charge in [0, 0.05) is 55.4 Å². The molecule has 7 aromatic carbocycles. The Morgan fingerprint density at radius 2 is 1.20 bits per heavy atom. The van der Waals surface area contributed by atoms with E-state index in [-0.39, 0.29) is 45.9 Å². The van der Waals surface area contributed by atoms with Crippen LogP contribution in [0.4, 0.5) is 19.0 Å². The van der Waals surface area contributed by atoms with Gasteiger partial charge in [-0.15, -0.1) is 5.10 Å². The van der Waals surface area contributed by atoms with Crippen LogP contribution in [0.1, 0.15) is 80.6 Å². The van der Waals surface area contributed by atoms with E-state index in [0.29, 0.717) is 111 Å². The van der Waals surface area contributed by atoms with Crippen molar-refractivity contribution < 1.29 is 47.3 Å². The highest BCUT2D eigenvalue weighted by Crippen LogP contribution is 2.31. The number of phenolic OH excluding ortho intramolecular Hbond substituents is 1. The fraction of sp³-hybridized carbons (Fsp3) is 0.0938. The topological polar surface area (TPSA) is 294 Å². The van der Waals surface area contributed by atoms with Crippen molar-refractivity contribution >= 4 is 74.5 Å². The summed E-state index contributed by atoms with van der Waals surface area (Å²) in [5.41, 5.74) is 4.98. The number of para-hydroxylation sites is 1. The van der Waals surface area contributed by atoms with Crippen LogP contribution in [0.3, 0.4) is 0 Å². The van der Waals surface area contributed by atoms with Gasteiger partial charge in [0.2, 0.25) is 5.65 Å². The summed E-state index contributed by atoms with van der Waals surface area (Å²) in [5.74, 6) is -2.80. The Morgan fingerprint density at radius 3 is 1.79 bits per heavy atom. The summed E-state index contributed by atoms with van der Waals surface area (Å²) in [7, 11) is 0. The SMILES string of the molecule is N#Cc1cc(/C=C2\OC(=O)c3ccccc32)ccc1F.O=C(O)c1cc(Cc2n[nH]c(=O)c3ccccc23)ccc1F.O=C(c1cc(Cc2n[nH]c(=O)c3ccccc23)ccc1F)N1CCN(c2ccc3n[nH]nc3n2)CC1.O=Cc1ccccc1O. The average Bonchev–Trinajstić information content (AvgIpc) is 3.27. The van der Waals surface area contributed by atoms with Crippen LogP contribution in [0.25, 0.3) is 44.5 Å². The van der Waals surface area contributed by atoms with E-state index in [2.05, 4.69) is 45.7 Å². The summed E-state index contributed by atoms with van der Waals surface area (Å²) in [5, 5.41) is 52.8. The Kier molecular flexibility index (Phi) is 17.5. The second-order valence-electron chi connectivity index (χ2n) is 19.5. The van der Waals surface area contributed by atoms with E-state index >= 15 is 0 Å². The third kappa shape index (κ3) is 13.3. The number of pyridine rings is 1. The Morgan fingerprint density at radius 1 is 0.632 bits per heavy atom. The van der Waals surface area contributed by atoms with Crippen molar-refractivity contribution in [1.82, 2.24) is 45.7 Å². The van der Waals surface area contributed by atoms with E-state index in [9.17, 15) is 41.9 Å². The number of nitriles is 1. The Bertz CT molecular complexity index is 4670. The van der Waals surface area contributed by atoms with Crippen LogP contribution in [-0.2, 0) is 17.6 Å². The molecule has 0 aliphatic carbocycles. The van der Waals surface area contributed by atoms with Gasteiger partial charge in [-0.25, -0.2) is 37.9 Å². The highest BCUT2D eigenvalue weighted by atomic mass is 19.1. The molecule has 1 fully saturated rings. The molecule has 0 saturated carbocycles. The number of aromatic hydroxyl groups is 1. The van der Waals surface area contributed by atoms with Crippen molar-refractivity contribution in [2.75, 3.05) is 31.1 Å². The van der Waals surface area contributed by atoms with Crippen LogP contribution in [-0.4, -0.2) is 106 Å². The van der Waals surface area contributed by atoms with Crippen molar-refractivity contribution in [3.63, 3.8) is 0 Å². The van der Waals surface area contributed by atoms with Crippen molar-refractivity contribution in [3.05, 3.63) is 263 Å². The molecule has 23 heteroatoms. The first-order valence-electron chi connectivity index (χ1n) is 26.6. The van der Waals surface area contributed by atoms with Crippen LogP contribution in [0, 0.1) is 28.8 Å². The summed E-state index contributed by atoms with van der Waals surface area (Å²) in [4.78, 5) is 78.0. The van der Waals surface area contributed by atoms with Gasteiger partial charge in [-0.3, -0.25) is 19.2 Å². The minimum atomic E-state index is -1.32. The number of nitrogens with zero attached hydrogens (tertiary/aromatic N) is 8. The minimum absolute atomic E-state index is 0.0248. The number of nitrogens with one attached hydrogen (secondary N) is 3. The number of fused-ring (bicyclic) bond motifs is 4. The lowest BCUT2D eigenvalue weighted by atomic mass is 10.0. The fourth-order valence-electron chi connectivity index (χ4n) is 9.55. The number of ether oxygens (including phenoxy) is 1. The molecule has 5 N–H and O–H groups in total. The van der Waals surface area contributed by atoms with Crippen LogP contribution in [0.15, 0.2) is 173 Å². The van der Waals surface area contributed by atoms with E-state index in [4.69, 9.17) is 20.2 Å². The Labute approximate surface area is 490 Å². The number of aldehydes is 1. The molecule has 0 radical (unpaired) electrons. The molecule has 1 amide bonds. The van der Waals surface area contributed by atoms with E-state index in [0.717, 1.165) is 22.8 Å². The second kappa shape index (κ2) is 26.1. The second-order valence-corrected chi connectivity index (χ2v) is 19.5. The predicted octanol–water partition coefficient (Wildman–Crippen LogP) is 9.20. The van der Waals surface area contributed by atoms with E-state index in [1.54, 1.807) is 108 Å². The molecule has 1 saturated heterocycles. The number of carbonyl (C=O) groups excluding carboxylic acids is 3. The fourth-order valence-corrected chi connectivity index (χ4v) is 9.55. The first-order chi connectivity index (χ1) is 42.2. The zero-order valence-electron chi connectivity index (χ0n) is 45.4. The molecule has 20 nitrogen and oxygen atoms in total. The molecule has 2 aliphatic heterocycles. The molecular formula is C64H46F3N11O9. The summed E-state index contributed by atoms with van der Waals surface area (Å²) < 4.78 is 46.6. The van der Waals surface area contributed by atoms with E-state index in [1.807, 2.05) is 24.3 Å².